The second-order valence-corrected chi connectivity index (χ2v) is 9.51. The summed E-state index contributed by atoms with van der Waals surface area (Å²) in [5, 5.41) is 0. The molecule has 0 radical (unpaired) electrons. The smallest absolute Gasteiger partial charge is 0.332 e. The first kappa shape index (κ1) is 24.5. The molecule has 1 aromatic carbocycles. The quantitative estimate of drug-likeness (QED) is 0.516. The van der Waals surface area contributed by atoms with Crippen LogP contribution in [0.2, 0.25) is 0 Å². The van der Waals surface area contributed by atoms with Crippen molar-refractivity contribution >= 4 is 34.6 Å². The highest BCUT2D eigenvalue weighted by atomic mass is 31.2. The molecule has 1 aromatic rings. The van der Waals surface area contributed by atoms with Gasteiger partial charge in [0.05, 0.1) is 17.3 Å². The Kier molecular flexibility index (Phi) is 8.89. The Bertz CT molecular complexity index is 784. The van der Waals surface area contributed by atoms with Crippen molar-refractivity contribution in [3.8, 4) is 0 Å². The van der Waals surface area contributed by atoms with Crippen molar-refractivity contribution in [2.24, 2.45) is 0 Å². The average Bonchev–Trinajstić information content (AvgIpc) is 2.58. The Morgan fingerprint density at radius 1 is 0.926 bits per heavy atom. The van der Waals surface area contributed by atoms with Crippen LogP contribution in [0.15, 0.2) is 0 Å². The van der Waals surface area contributed by atoms with Crippen molar-refractivity contribution in [3.63, 3.8) is 0 Å². The molecule has 0 aromatic heterocycles. The number of benzene rings is 1. The summed E-state index contributed by atoms with van der Waals surface area (Å²) in [7, 11) is -6.24. The Morgan fingerprint density at radius 3 is 1.56 bits per heavy atom. The Labute approximate surface area is 159 Å². The lowest BCUT2D eigenvalue weighted by Gasteiger charge is -2.22. The molecular weight excluding hydrogens is 417 g/mol. The second-order valence-electron chi connectivity index (χ2n) is 5.65. The molecule has 0 bridgehead atoms. The molecule has 0 aliphatic carbocycles. The minimum Gasteiger partial charge on any atom is -0.601 e. The summed E-state index contributed by atoms with van der Waals surface area (Å²) in [4.78, 5) is 52.7. The highest BCUT2D eigenvalue weighted by Gasteiger charge is 2.31. The maximum absolute atomic E-state index is 12.2. The average molecular weight is 440 g/mol. The highest BCUT2D eigenvalue weighted by molar-refractivity contribution is 7.52. The fourth-order valence-corrected chi connectivity index (χ4v) is 5.33. The zero-order chi connectivity index (χ0) is 21.1. The third-order valence-electron chi connectivity index (χ3n) is 4.21. The van der Waals surface area contributed by atoms with Crippen LogP contribution in [0, 0.1) is 20.8 Å². The van der Waals surface area contributed by atoms with Gasteiger partial charge in [0.1, 0.15) is 0 Å². The number of hydrogen-bond acceptors (Lipinski definition) is 8. The van der Waals surface area contributed by atoms with Crippen molar-refractivity contribution in [3.05, 3.63) is 33.4 Å². The van der Waals surface area contributed by atoms with Gasteiger partial charge in [0.25, 0.3) is 27.0 Å². The Morgan fingerprint density at radius 2 is 1.30 bits per heavy atom. The molecule has 0 fully saturated rings. The van der Waals surface area contributed by atoms with Gasteiger partial charge in [-0.25, -0.2) is 0 Å². The molecule has 152 valence electrons. The summed E-state index contributed by atoms with van der Waals surface area (Å²) >= 11 is 0. The van der Waals surface area contributed by atoms with E-state index in [0.29, 0.717) is 22.3 Å². The van der Waals surface area contributed by atoms with Crippen LogP contribution in [0.4, 0.5) is 0 Å². The highest BCUT2D eigenvalue weighted by Crippen LogP contribution is 2.47. The molecule has 12 heteroatoms. The molecule has 27 heavy (non-hydrogen) atoms. The van der Waals surface area contributed by atoms with E-state index in [0.717, 1.165) is 7.11 Å². The fourth-order valence-electron chi connectivity index (χ4n) is 2.97. The molecule has 1 rings (SSSR count). The van der Waals surface area contributed by atoms with Crippen LogP contribution in [0.25, 0.3) is 0 Å². The lowest BCUT2D eigenvalue weighted by molar-refractivity contribution is -0.169. The molecule has 0 spiro atoms. The van der Waals surface area contributed by atoms with E-state index in [1.54, 1.807) is 20.8 Å². The first-order valence-corrected chi connectivity index (χ1v) is 11.8. The molecule has 3 atom stereocenters. The largest absolute Gasteiger partial charge is 0.601 e. The summed E-state index contributed by atoms with van der Waals surface area (Å²) in [6, 6.07) is 0. The third kappa shape index (κ3) is 5.30. The SMILES string of the molecule is COC(c1c(C)c(CP(=O)(O)OC)c(C)c(C(OC)=[P+]([O-])O)c1C)=[P+]([O-])O. The molecule has 0 aliphatic heterocycles. The fraction of sp³-hybridized carbons (Fsp3) is 0.467. The molecule has 0 amide bonds. The zero-order valence-corrected chi connectivity index (χ0v) is 18.5. The minimum atomic E-state index is -4.00. The standard InChI is InChI=1S/C15H23O9P3/c1-8-11(7-27(20,21)24-6)9(2)13(15(23-5)26(18)19)10(3)12(8)14(22-4)25(16)17/h7H2,1-6H3,(H,16,17)(H,18,19)(H,20,21). The first-order valence-electron chi connectivity index (χ1n) is 7.58. The van der Waals surface area contributed by atoms with Gasteiger partial charge >= 0.3 is 7.60 Å². The number of hydrogen-bond donors (Lipinski definition) is 3. The topological polar surface area (TPSA) is 152 Å². The lowest BCUT2D eigenvalue weighted by Crippen LogP contribution is -2.19. The van der Waals surface area contributed by atoms with Crippen LogP contribution >= 0.6 is 23.6 Å². The van der Waals surface area contributed by atoms with E-state index in [4.69, 9.17) is 9.47 Å². The number of rotatable bonds is 7. The number of ether oxygens (including phenoxy) is 2. The third-order valence-corrected chi connectivity index (χ3v) is 7.00. The second kappa shape index (κ2) is 9.79. The normalized spacial score (nSPS) is 16.0. The minimum absolute atomic E-state index is 0.208. The van der Waals surface area contributed by atoms with Crippen LogP contribution in [0.3, 0.4) is 0 Å². The van der Waals surface area contributed by atoms with Gasteiger partial charge in [-0.15, -0.1) is 0 Å². The van der Waals surface area contributed by atoms with Gasteiger partial charge in [-0.3, -0.25) is 4.57 Å². The van der Waals surface area contributed by atoms with Crippen LogP contribution in [0.1, 0.15) is 33.4 Å². The first-order chi connectivity index (χ1) is 12.4. The molecular formula is C15H23O9P3. The molecule has 9 nitrogen and oxygen atoms in total. The van der Waals surface area contributed by atoms with E-state index >= 15 is 0 Å². The van der Waals surface area contributed by atoms with Crippen molar-refractivity contribution in [1.82, 2.24) is 0 Å². The van der Waals surface area contributed by atoms with Crippen molar-refractivity contribution in [2.45, 2.75) is 26.9 Å². The van der Waals surface area contributed by atoms with Crippen molar-refractivity contribution in [1.29, 1.82) is 0 Å². The predicted octanol–water partition coefficient (Wildman–Crippen LogP) is 0.521. The maximum atomic E-state index is 12.2. The molecule has 0 saturated carbocycles. The van der Waals surface area contributed by atoms with E-state index < -0.39 is 29.8 Å². The molecule has 0 heterocycles. The summed E-state index contributed by atoms with van der Waals surface area (Å²) in [5.41, 5.74) is 1.47. The molecule has 3 unspecified atom stereocenters. The summed E-state index contributed by atoms with van der Waals surface area (Å²) < 4.78 is 27.0. The van der Waals surface area contributed by atoms with Gasteiger partial charge in [-0.05, 0) is 43.0 Å². The zero-order valence-electron chi connectivity index (χ0n) is 15.8. The summed E-state index contributed by atoms with van der Waals surface area (Å²) in [6.07, 6.45) is -0.403. The van der Waals surface area contributed by atoms with Crippen LogP contribution in [-0.2, 0) is 24.7 Å². The molecule has 0 aliphatic rings. The van der Waals surface area contributed by atoms with E-state index in [1.807, 2.05) is 0 Å². The van der Waals surface area contributed by atoms with E-state index in [9.17, 15) is 29.0 Å². The number of methoxy groups -OCH3 is 2. The van der Waals surface area contributed by atoms with Crippen molar-refractivity contribution < 1.29 is 43.0 Å². The van der Waals surface area contributed by atoms with Gasteiger partial charge in [0.2, 0.25) is 0 Å². The lowest BCUT2D eigenvalue weighted by atomic mass is 9.89. The Hall–Kier alpha value is -0.530. The van der Waals surface area contributed by atoms with Crippen LogP contribution in [0.5, 0.6) is 0 Å². The van der Waals surface area contributed by atoms with Gasteiger partial charge in [-0.1, -0.05) is 0 Å². The van der Waals surface area contributed by atoms with E-state index in [-0.39, 0.29) is 22.1 Å². The van der Waals surface area contributed by atoms with Gasteiger partial charge < -0.3 is 28.7 Å². The molecule has 3 N–H and O–H groups in total. The summed E-state index contributed by atoms with van der Waals surface area (Å²) in [5.74, 6) is 0. The monoisotopic (exact) mass is 440 g/mol. The van der Waals surface area contributed by atoms with Crippen LogP contribution in [-0.4, -0.2) is 47.0 Å². The van der Waals surface area contributed by atoms with Gasteiger partial charge in [0.15, 0.2) is 0 Å². The maximum Gasteiger partial charge on any atom is 0.332 e. The molecule has 0 saturated heterocycles. The van der Waals surface area contributed by atoms with E-state index in [1.165, 1.54) is 14.2 Å². The van der Waals surface area contributed by atoms with Crippen LogP contribution < -0.4 is 9.79 Å². The predicted molar refractivity (Wildman–Crippen MR) is 102 cm³/mol. The Balaban J connectivity index is 4.10. The van der Waals surface area contributed by atoms with Crippen molar-refractivity contribution in [2.75, 3.05) is 21.3 Å². The van der Waals surface area contributed by atoms with Gasteiger partial charge in [0, 0.05) is 21.3 Å². The van der Waals surface area contributed by atoms with Gasteiger partial charge in [-0.2, -0.15) is 9.79 Å². The van der Waals surface area contributed by atoms with E-state index in [2.05, 4.69) is 4.52 Å². The summed E-state index contributed by atoms with van der Waals surface area (Å²) in [6.45, 7) is 4.79.